The van der Waals surface area contributed by atoms with Gasteiger partial charge in [-0.05, 0) is 5.56 Å². The van der Waals surface area contributed by atoms with Crippen LogP contribution in [0.15, 0.2) is 50.3 Å². The number of amides is 1. The highest BCUT2D eigenvalue weighted by atomic mass is 16.5. The average Bonchev–Trinajstić information content (AvgIpc) is 2.60. The van der Waals surface area contributed by atoms with Crippen molar-refractivity contribution in [2.24, 2.45) is 20.0 Å². The molecule has 2 rings (SSSR count). The van der Waals surface area contributed by atoms with Crippen LogP contribution in [0.3, 0.4) is 0 Å². The number of aliphatic imine (C=N–C) groups is 4. The van der Waals surface area contributed by atoms with Gasteiger partial charge in [-0.3, -0.25) is 19.8 Å². The van der Waals surface area contributed by atoms with E-state index in [1.807, 2.05) is 54.2 Å². The summed E-state index contributed by atoms with van der Waals surface area (Å²) in [5, 5.41) is 0. The van der Waals surface area contributed by atoms with Gasteiger partial charge in [0.15, 0.2) is 0 Å². The Morgan fingerprint density at radius 2 is 1.83 bits per heavy atom. The van der Waals surface area contributed by atoms with E-state index in [4.69, 9.17) is 4.74 Å². The molecule has 1 aromatic carbocycles. The summed E-state index contributed by atoms with van der Waals surface area (Å²) in [6, 6.07) is 11.7. The van der Waals surface area contributed by atoms with Gasteiger partial charge in [0.25, 0.3) is 0 Å². The maximum Gasteiger partial charge on any atom is 0.443 e. The number of rotatable bonds is 5. The van der Waals surface area contributed by atoms with Crippen molar-refractivity contribution in [1.82, 2.24) is 9.80 Å². The van der Waals surface area contributed by atoms with Crippen molar-refractivity contribution in [3.05, 3.63) is 35.9 Å². The van der Waals surface area contributed by atoms with Crippen molar-refractivity contribution in [3.63, 3.8) is 0 Å². The largest absolute Gasteiger partial charge is 0.443 e. The van der Waals surface area contributed by atoms with Gasteiger partial charge in [-0.15, -0.1) is 4.99 Å². The molecule has 8 nitrogen and oxygen atoms in total. The molecule has 0 aliphatic carbocycles. The normalized spacial score (nSPS) is 13.0. The fourth-order valence-corrected chi connectivity index (χ4v) is 2.17. The molecular formula is C16H20N6O2. The second-order valence-electron chi connectivity index (χ2n) is 4.96. The average molecular weight is 328 g/mol. The Kier molecular flexibility index (Phi) is 6.22. The van der Waals surface area contributed by atoms with Gasteiger partial charge in [0.2, 0.25) is 11.9 Å². The highest BCUT2D eigenvalue weighted by Crippen LogP contribution is 2.10. The predicted octanol–water partition coefficient (Wildman–Crippen LogP) is 1.72. The van der Waals surface area contributed by atoms with Crippen LogP contribution < -0.4 is 0 Å². The molecule has 8 heteroatoms. The summed E-state index contributed by atoms with van der Waals surface area (Å²) >= 11 is 0. The van der Waals surface area contributed by atoms with E-state index in [2.05, 4.69) is 26.0 Å². The Balaban J connectivity index is 1.70. The third-order valence-electron chi connectivity index (χ3n) is 3.28. The van der Waals surface area contributed by atoms with Gasteiger partial charge in [0, 0.05) is 21.1 Å². The summed E-state index contributed by atoms with van der Waals surface area (Å²) in [6.45, 7) is 1.04. The molecule has 1 aromatic rings. The number of carbonyl (C=O) groups is 1. The smallest absolute Gasteiger partial charge is 0.443 e. The fraction of sp³-hybridized carbons (Fsp3) is 0.375. The van der Waals surface area contributed by atoms with Crippen molar-refractivity contribution < 1.29 is 9.53 Å². The van der Waals surface area contributed by atoms with Crippen LogP contribution in [0.4, 0.5) is 4.79 Å². The van der Waals surface area contributed by atoms with Gasteiger partial charge < -0.3 is 4.74 Å². The topological polar surface area (TPSA) is 82.2 Å². The summed E-state index contributed by atoms with van der Waals surface area (Å²) in [6.07, 6.45) is -0.712. The minimum absolute atomic E-state index is 0.179. The predicted molar refractivity (Wildman–Crippen MR) is 92.5 cm³/mol. The first-order valence-electron chi connectivity index (χ1n) is 7.45. The van der Waals surface area contributed by atoms with Crippen molar-refractivity contribution >= 4 is 24.0 Å². The lowest BCUT2D eigenvalue weighted by molar-refractivity contribution is 0.151. The minimum atomic E-state index is -0.712. The number of benzene rings is 1. The zero-order valence-electron chi connectivity index (χ0n) is 14.0. The van der Waals surface area contributed by atoms with E-state index >= 15 is 0 Å². The molecule has 0 atom stereocenters. The first kappa shape index (κ1) is 17.4. The highest BCUT2D eigenvalue weighted by Gasteiger charge is 2.31. The van der Waals surface area contributed by atoms with Gasteiger partial charge in [0.1, 0.15) is 12.6 Å². The Labute approximate surface area is 140 Å². The number of nitrogens with zero attached hydrogens (tertiary/aromatic N) is 6. The van der Waals surface area contributed by atoms with Crippen molar-refractivity contribution in [1.29, 1.82) is 0 Å². The van der Waals surface area contributed by atoms with E-state index in [1.165, 1.54) is 0 Å². The molecule has 1 aliphatic rings. The van der Waals surface area contributed by atoms with Gasteiger partial charge in [-0.25, -0.2) is 9.79 Å². The summed E-state index contributed by atoms with van der Waals surface area (Å²) in [7, 11) is 5.53. The molecule has 1 amide bonds. The second kappa shape index (κ2) is 8.59. The van der Waals surface area contributed by atoms with Crippen LogP contribution in [0.1, 0.15) is 5.56 Å². The zero-order valence-corrected chi connectivity index (χ0v) is 14.0. The molecule has 1 fully saturated rings. The minimum Gasteiger partial charge on any atom is -0.443 e. The van der Waals surface area contributed by atoms with E-state index in [9.17, 15) is 4.79 Å². The van der Waals surface area contributed by atoms with Crippen molar-refractivity contribution in [3.8, 4) is 0 Å². The Morgan fingerprint density at radius 1 is 1.12 bits per heavy atom. The maximum absolute atomic E-state index is 11.4. The molecule has 0 bridgehead atoms. The molecule has 0 N–H and O–H groups in total. The Morgan fingerprint density at radius 3 is 2.50 bits per heavy atom. The number of hydrogen-bond acceptors (Lipinski definition) is 5. The van der Waals surface area contributed by atoms with E-state index in [-0.39, 0.29) is 6.61 Å². The first-order valence-corrected chi connectivity index (χ1v) is 7.45. The summed E-state index contributed by atoms with van der Waals surface area (Å²) < 4.78 is 4.97. The maximum atomic E-state index is 11.4. The molecule has 0 unspecified atom stereocenters. The lowest BCUT2D eigenvalue weighted by atomic mass is 10.2. The lowest BCUT2D eigenvalue weighted by Crippen LogP contribution is -2.62. The van der Waals surface area contributed by atoms with Crippen LogP contribution >= 0.6 is 0 Å². The first-order chi connectivity index (χ1) is 11.6. The summed E-state index contributed by atoms with van der Waals surface area (Å²) in [5.41, 5.74) is 0.900. The van der Waals surface area contributed by atoms with Gasteiger partial charge in [-0.1, -0.05) is 30.3 Å². The summed E-state index contributed by atoms with van der Waals surface area (Å²) in [5.74, 6) is 1.69. The quantitative estimate of drug-likeness (QED) is 0.608. The van der Waals surface area contributed by atoms with E-state index in [0.717, 1.165) is 17.5 Å². The lowest BCUT2D eigenvalue weighted by Gasteiger charge is -2.41. The Bertz CT molecular complexity index is 678. The highest BCUT2D eigenvalue weighted by molar-refractivity contribution is 6.15. The van der Waals surface area contributed by atoms with Crippen LogP contribution in [0, 0.1) is 0 Å². The van der Waals surface area contributed by atoms with Crippen LogP contribution in [0.25, 0.3) is 0 Å². The van der Waals surface area contributed by atoms with Gasteiger partial charge >= 0.3 is 6.09 Å². The molecule has 1 saturated heterocycles. The molecule has 1 aliphatic heterocycles. The Hall–Kier alpha value is -2.99. The molecule has 1 heterocycles. The van der Waals surface area contributed by atoms with Crippen LogP contribution in [-0.2, 0) is 11.3 Å². The fourth-order valence-electron chi connectivity index (χ4n) is 2.17. The third kappa shape index (κ3) is 4.50. The SMILES string of the molecule is CN=C1N(C)C(=NCCN=C=NC(=O)OCc2ccccc2)N1C. The zero-order chi connectivity index (χ0) is 17.4. The molecule has 126 valence electrons. The van der Waals surface area contributed by atoms with Crippen LogP contribution in [0.5, 0.6) is 0 Å². The van der Waals surface area contributed by atoms with E-state index in [1.54, 1.807) is 7.05 Å². The van der Waals surface area contributed by atoms with Crippen molar-refractivity contribution in [2.75, 3.05) is 34.2 Å². The third-order valence-corrected chi connectivity index (χ3v) is 3.28. The molecule has 0 radical (unpaired) electrons. The van der Waals surface area contributed by atoms with Gasteiger partial charge in [0.05, 0.1) is 13.1 Å². The van der Waals surface area contributed by atoms with Gasteiger partial charge in [-0.2, -0.15) is 0 Å². The number of guanidine groups is 2. The monoisotopic (exact) mass is 328 g/mol. The second-order valence-corrected chi connectivity index (χ2v) is 4.96. The molecule has 0 spiro atoms. The van der Waals surface area contributed by atoms with Crippen LogP contribution in [-0.4, -0.2) is 68.1 Å². The van der Waals surface area contributed by atoms with Crippen molar-refractivity contribution in [2.45, 2.75) is 6.61 Å². The molecule has 0 aromatic heterocycles. The molecule has 0 saturated carbocycles. The number of ether oxygens (including phenoxy) is 1. The van der Waals surface area contributed by atoms with E-state index < -0.39 is 6.09 Å². The summed E-state index contributed by atoms with van der Waals surface area (Å²) in [4.78, 5) is 31.0. The van der Waals surface area contributed by atoms with E-state index in [0.29, 0.717) is 13.1 Å². The molecular weight excluding hydrogens is 308 g/mol. The number of hydrogen-bond donors (Lipinski definition) is 0. The van der Waals surface area contributed by atoms with Crippen LogP contribution in [0.2, 0.25) is 0 Å². The molecule has 24 heavy (non-hydrogen) atoms. The number of carbonyl (C=O) groups excluding carboxylic acids is 1. The standard InChI is InChI=1S/C16H20N6O2/c1-17-14-21(2)15(22(14)3)19-10-9-18-12-20-16(23)24-11-13-7-5-4-6-8-13/h4-8H,9-11H2,1-3H3.